The summed E-state index contributed by atoms with van der Waals surface area (Å²) in [5, 5.41) is 2.75. The molecule has 158 valence electrons. The number of hydrogen-bond acceptors (Lipinski definition) is 6. The number of hydrogen-bond donors (Lipinski definition) is 2. The summed E-state index contributed by atoms with van der Waals surface area (Å²) in [4.78, 5) is 12.5. The van der Waals surface area contributed by atoms with E-state index in [4.69, 9.17) is 15.2 Å². The fraction of sp³-hybridized carbons (Fsp3) is 0.611. The van der Waals surface area contributed by atoms with E-state index in [1.54, 1.807) is 12.1 Å². The van der Waals surface area contributed by atoms with Crippen LogP contribution in [0.2, 0.25) is 0 Å². The van der Waals surface area contributed by atoms with E-state index in [1.807, 2.05) is 0 Å². The van der Waals surface area contributed by atoms with Crippen molar-refractivity contribution >= 4 is 34.0 Å². The van der Waals surface area contributed by atoms with E-state index >= 15 is 0 Å². The van der Waals surface area contributed by atoms with Crippen LogP contribution >= 0.6 is 12.4 Å². The Morgan fingerprint density at radius 2 is 2.00 bits per heavy atom. The highest BCUT2D eigenvalue weighted by Gasteiger charge is 2.31. The van der Waals surface area contributed by atoms with Gasteiger partial charge in [0, 0.05) is 25.3 Å². The van der Waals surface area contributed by atoms with E-state index in [-0.39, 0.29) is 35.1 Å². The average molecular weight is 434 g/mol. The van der Waals surface area contributed by atoms with Gasteiger partial charge in [0.2, 0.25) is 10.0 Å². The van der Waals surface area contributed by atoms with Gasteiger partial charge in [0.15, 0.2) is 0 Å². The van der Waals surface area contributed by atoms with Gasteiger partial charge in [-0.15, -0.1) is 12.4 Å². The smallest absolute Gasteiger partial charge is 0.253 e. The van der Waals surface area contributed by atoms with Gasteiger partial charge in [-0.25, -0.2) is 8.42 Å². The monoisotopic (exact) mass is 433 g/mol. The van der Waals surface area contributed by atoms with Crippen LogP contribution in [0.15, 0.2) is 23.1 Å². The largest absolute Gasteiger partial charge is 0.495 e. The van der Waals surface area contributed by atoms with Crippen molar-refractivity contribution < 1.29 is 22.7 Å². The van der Waals surface area contributed by atoms with Crippen molar-refractivity contribution in [1.82, 2.24) is 4.31 Å². The third kappa shape index (κ3) is 4.96. The molecule has 2 aliphatic heterocycles. The first kappa shape index (κ1) is 22.9. The molecule has 28 heavy (non-hydrogen) atoms. The lowest BCUT2D eigenvalue weighted by Gasteiger charge is -2.26. The Kier molecular flexibility index (Phi) is 8.08. The number of carbonyl (C=O) groups excluding carboxylic acids is 1. The number of sulfonamides is 1. The Hall–Kier alpha value is -1.39. The van der Waals surface area contributed by atoms with Gasteiger partial charge in [-0.1, -0.05) is 6.42 Å². The quantitative estimate of drug-likeness (QED) is 0.706. The van der Waals surface area contributed by atoms with E-state index in [0.717, 1.165) is 25.7 Å². The third-order valence-corrected chi connectivity index (χ3v) is 6.95. The van der Waals surface area contributed by atoms with E-state index in [2.05, 4.69) is 5.32 Å². The number of ether oxygens (including phenoxy) is 2. The Balaban J connectivity index is 0.00000280. The molecular weight excluding hydrogens is 406 g/mol. The molecule has 0 unspecified atom stereocenters. The van der Waals surface area contributed by atoms with Gasteiger partial charge in [-0.3, -0.25) is 4.79 Å². The minimum Gasteiger partial charge on any atom is -0.495 e. The summed E-state index contributed by atoms with van der Waals surface area (Å²) in [6.07, 6.45) is 3.40. The second-order valence-corrected chi connectivity index (χ2v) is 8.79. The summed E-state index contributed by atoms with van der Waals surface area (Å²) >= 11 is 0. The molecule has 0 saturated carbocycles. The maximum atomic E-state index is 13.0. The number of nitrogens with zero attached hydrogens (tertiary/aromatic N) is 1. The lowest BCUT2D eigenvalue weighted by atomic mass is 10.2. The highest BCUT2D eigenvalue weighted by Crippen LogP contribution is 2.31. The van der Waals surface area contributed by atoms with E-state index < -0.39 is 16.1 Å². The number of halogens is 1. The molecule has 1 amide bonds. The molecule has 0 spiro atoms. The molecule has 2 aliphatic rings. The normalized spacial score (nSPS) is 23.1. The summed E-state index contributed by atoms with van der Waals surface area (Å²) < 4.78 is 38.4. The van der Waals surface area contributed by atoms with Crippen molar-refractivity contribution in [2.45, 2.75) is 49.2 Å². The van der Waals surface area contributed by atoms with Crippen LogP contribution < -0.4 is 15.8 Å². The van der Waals surface area contributed by atoms with Crippen molar-refractivity contribution in [3.05, 3.63) is 18.2 Å². The molecule has 2 heterocycles. The second kappa shape index (κ2) is 9.89. The molecule has 0 aromatic heterocycles. The highest BCUT2D eigenvalue weighted by atomic mass is 35.5. The zero-order chi connectivity index (χ0) is 19.4. The standard InChI is InChI=1S/C18H27N3O5S.ClH/c1-25-15-7-5-13(20-18(22)16-8-6-14(12-19)26-16)11-17(15)27(23,24)21-9-3-2-4-10-21;/h5,7,11,14,16H,2-4,6,8-10,12,19H2,1H3,(H,20,22);1H/t14-,16+;/m1./s1. The molecule has 2 atom stereocenters. The summed E-state index contributed by atoms with van der Waals surface area (Å²) in [5.74, 6) is -0.0312. The van der Waals surface area contributed by atoms with Crippen LogP contribution in [0.5, 0.6) is 5.75 Å². The predicted octanol–water partition coefficient (Wildman–Crippen LogP) is 1.74. The molecule has 2 fully saturated rings. The van der Waals surface area contributed by atoms with Crippen LogP contribution in [-0.4, -0.2) is 57.6 Å². The first-order valence-electron chi connectivity index (χ1n) is 9.30. The molecule has 3 N–H and O–H groups in total. The number of rotatable bonds is 6. The van der Waals surface area contributed by atoms with Crippen LogP contribution in [0.3, 0.4) is 0 Å². The molecule has 1 aromatic rings. The van der Waals surface area contributed by atoms with Crippen molar-refractivity contribution in [3.8, 4) is 5.75 Å². The average Bonchev–Trinajstić information content (AvgIpc) is 3.18. The molecule has 3 rings (SSSR count). The number of amides is 1. The van der Waals surface area contributed by atoms with Crippen LogP contribution in [0.1, 0.15) is 32.1 Å². The first-order chi connectivity index (χ1) is 13.0. The molecule has 0 bridgehead atoms. The third-order valence-electron chi connectivity index (χ3n) is 5.03. The van der Waals surface area contributed by atoms with E-state index in [1.165, 1.54) is 17.5 Å². The van der Waals surface area contributed by atoms with Gasteiger partial charge in [0.05, 0.1) is 13.2 Å². The zero-order valence-electron chi connectivity index (χ0n) is 15.9. The molecule has 0 aliphatic carbocycles. The number of anilines is 1. The fourth-order valence-corrected chi connectivity index (χ4v) is 5.19. The Morgan fingerprint density at radius 3 is 2.61 bits per heavy atom. The van der Waals surface area contributed by atoms with Crippen molar-refractivity contribution in [2.24, 2.45) is 5.73 Å². The zero-order valence-corrected chi connectivity index (χ0v) is 17.6. The van der Waals surface area contributed by atoms with E-state index in [0.29, 0.717) is 31.7 Å². The number of nitrogens with two attached hydrogens (primary N) is 1. The summed E-state index contributed by atoms with van der Waals surface area (Å²) in [6.45, 7) is 1.38. The lowest BCUT2D eigenvalue weighted by molar-refractivity contribution is -0.126. The maximum Gasteiger partial charge on any atom is 0.253 e. The number of benzene rings is 1. The molecule has 10 heteroatoms. The SMILES string of the molecule is COc1ccc(NC(=O)[C@@H]2CC[C@H](CN)O2)cc1S(=O)(=O)N1CCCCC1.Cl. The summed E-state index contributed by atoms with van der Waals surface area (Å²) in [6, 6.07) is 4.64. The lowest BCUT2D eigenvalue weighted by Crippen LogP contribution is -2.36. The number of nitrogens with one attached hydrogen (secondary N) is 1. The molecule has 1 aromatic carbocycles. The first-order valence-corrected chi connectivity index (χ1v) is 10.7. The Labute approximate surface area is 172 Å². The van der Waals surface area contributed by atoms with Crippen LogP contribution in [0.4, 0.5) is 5.69 Å². The number of carbonyl (C=O) groups is 1. The van der Waals surface area contributed by atoms with Crippen LogP contribution in [0, 0.1) is 0 Å². The minimum absolute atomic E-state index is 0. The molecule has 2 saturated heterocycles. The Morgan fingerprint density at radius 1 is 1.29 bits per heavy atom. The van der Waals surface area contributed by atoms with Crippen molar-refractivity contribution in [1.29, 1.82) is 0 Å². The van der Waals surface area contributed by atoms with Crippen LogP contribution in [0.25, 0.3) is 0 Å². The topological polar surface area (TPSA) is 111 Å². The van der Waals surface area contributed by atoms with Crippen LogP contribution in [-0.2, 0) is 19.6 Å². The van der Waals surface area contributed by atoms with Gasteiger partial charge in [-0.2, -0.15) is 4.31 Å². The predicted molar refractivity (Wildman–Crippen MR) is 108 cm³/mol. The fourth-order valence-electron chi connectivity index (χ4n) is 3.50. The van der Waals surface area contributed by atoms with Gasteiger partial charge in [0.1, 0.15) is 16.7 Å². The molecule has 8 nitrogen and oxygen atoms in total. The Bertz CT molecular complexity index is 783. The van der Waals surface area contributed by atoms with Gasteiger partial charge in [0.25, 0.3) is 5.91 Å². The summed E-state index contributed by atoms with van der Waals surface area (Å²) in [5.41, 5.74) is 5.98. The maximum absolute atomic E-state index is 13.0. The second-order valence-electron chi connectivity index (χ2n) is 6.88. The summed E-state index contributed by atoms with van der Waals surface area (Å²) in [7, 11) is -2.25. The van der Waals surface area contributed by atoms with Crippen molar-refractivity contribution in [3.63, 3.8) is 0 Å². The van der Waals surface area contributed by atoms with Crippen molar-refractivity contribution in [2.75, 3.05) is 32.1 Å². The number of methoxy groups -OCH3 is 1. The number of piperidine rings is 1. The minimum atomic E-state index is -3.69. The molecule has 0 radical (unpaired) electrons. The molecular formula is C18H28ClN3O5S. The van der Waals surface area contributed by atoms with Gasteiger partial charge < -0.3 is 20.5 Å². The van der Waals surface area contributed by atoms with E-state index in [9.17, 15) is 13.2 Å². The van der Waals surface area contributed by atoms with Gasteiger partial charge >= 0.3 is 0 Å². The highest BCUT2D eigenvalue weighted by molar-refractivity contribution is 7.89. The van der Waals surface area contributed by atoms with Gasteiger partial charge in [-0.05, 0) is 43.9 Å².